The second-order valence-corrected chi connectivity index (χ2v) is 3.58. The van der Waals surface area contributed by atoms with Crippen molar-refractivity contribution in [3.63, 3.8) is 0 Å². The number of nitrogens with one attached hydrogen (secondary N) is 1. The average Bonchev–Trinajstić information content (AvgIpc) is 2.39. The topological polar surface area (TPSA) is 118 Å². The molecule has 0 radical (unpaired) electrons. The third-order valence-electron chi connectivity index (χ3n) is 2.19. The number of carbonyl (C=O) groups excluding carboxylic acids is 1. The summed E-state index contributed by atoms with van der Waals surface area (Å²) in [6.07, 6.45) is 1.19. The number of rotatable bonds is 5. The SMILES string of the molecule is CCOC(=O)C(C)Nc1ncc(C#N)cc1[N+](=O)[O-]. The van der Waals surface area contributed by atoms with Crippen molar-refractivity contribution in [1.82, 2.24) is 4.98 Å². The van der Waals surface area contributed by atoms with Gasteiger partial charge in [-0.3, -0.25) is 10.1 Å². The number of hydrogen-bond acceptors (Lipinski definition) is 7. The fraction of sp³-hybridized carbons (Fsp3) is 0.364. The number of nitriles is 1. The van der Waals surface area contributed by atoms with E-state index in [-0.39, 0.29) is 23.7 Å². The maximum atomic E-state index is 11.4. The Morgan fingerprint density at radius 3 is 2.95 bits per heavy atom. The van der Waals surface area contributed by atoms with E-state index in [0.29, 0.717) is 0 Å². The van der Waals surface area contributed by atoms with Gasteiger partial charge < -0.3 is 10.1 Å². The molecule has 0 aliphatic heterocycles. The van der Waals surface area contributed by atoms with E-state index in [9.17, 15) is 14.9 Å². The molecule has 0 saturated heterocycles. The fourth-order valence-electron chi connectivity index (χ4n) is 1.30. The van der Waals surface area contributed by atoms with Crippen molar-refractivity contribution in [2.24, 2.45) is 0 Å². The molecule has 0 fully saturated rings. The van der Waals surface area contributed by atoms with Gasteiger partial charge in [0.2, 0.25) is 5.82 Å². The Hall–Kier alpha value is -2.69. The van der Waals surface area contributed by atoms with E-state index >= 15 is 0 Å². The molecule has 8 heteroatoms. The van der Waals surface area contributed by atoms with E-state index in [1.54, 1.807) is 13.0 Å². The monoisotopic (exact) mass is 264 g/mol. The molecule has 0 spiro atoms. The highest BCUT2D eigenvalue weighted by atomic mass is 16.6. The number of ether oxygens (including phenoxy) is 1. The third-order valence-corrected chi connectivity index (χ3v) is 2.19. The minimum absolute atomic E-state index is 0.0704. The van der Waals surface area contributed by atoms with Crippen molar-refractivity contribution in [3.8, 4) is 6.07 Å². The number of carbonyl (C=O) groups is 1. The van der Waals surface area contributed by atoms with Crippen molar-refractivity contribution in [2.45, 2.75) is 19.9 Å². The molecule has 8 nitrogen and oxygen atoms in total. The number of pyridine rings is 1. The first-order chi connectivity index (χ1) is 8.99. The molecule has 1 atom stereocenters. The summed E-state index contributed by atoms with van der Waals surface area (Å²) in [7, 11) is 0. The Morgan fingerprint density at radius 1 is 1.74 bits per heavy atom. The van der Waals surface area contributed by atoms with Crippen molar-refractivity contribution in [3.05, 3.63) is 27.9 Å². The average molecular weight is 264 g/mol. The first-order valence-corrected chi connectivity index (χ1v) is 5.47. The first-order valence-electron chi connectivity index (χ1n) is 5.47. The summed E-state index contributed by atoms with van der Waals surface area (Å²) >= 11 is 0. The van der Waals surface area contributed by atoms with Gasteiger partial charge in [-0.25, -0.2) is 9.78 Å². The Kier molecular flexibility index (Phi) is 4.76. The van der Waals surface area contributed by atoms with E-state index in [2.05, 4.69) is 10.3 Å². The van der Waals surface area contributed by atoms with Gasteiger partial charge >= 0.3 is 11.7 Å². The summed E-state index contributed by atoms with van der Waals surface area (Å²) in [5.74, 6) is -0.618. The van der Waals surface area contributed by atoms with Gasteiger partial charge in [0, 0.05) is 12.3 Å². The van der Waals surface area contributed by atoms with Gasteiger partial charge in [0.05, 0.1) is 17.1 Å². The van der Waals surface area contributed by atoms with Gasteiger partial charge in [0.1, 0.15) is 12.1 Å². The lowest BCUT2D eigenvalue weighted by Crippen LogP contribution is -2.28. The molecule has 1 aromatic heterocycles. The molecular weight excluding hydrogens is 252 g/mol. The third kappa shape index (κ3) is 3.64. The summed E-state index contributed by atoms with van der Waals surface area (Å²) < 4.78 is 4.77. The second-order valence-electron chi connectivity index (χ2n) is 3.58. The predicted octanol–water partition coefficient (Wildman–Crippen LogP) is 1.22. The summed E-state index contributed by atoms with van der Waals surface area (Å²) in [5.41, 5.74) is -0.295. The summed E-state index contributed by atoms with van der Waals surface area (Å²) in [5, 5.41) is 22.1. The van der Waals surface area contributed by atoms with Crippen LogP contribution in [0, 0.1) is 21.4 Å². The van der Waals surface area contributed by atoms with E-state index in [0.717, 1.165) is 6.07 Å². The summed E-state index contributed by atoms with van der Waals surface area (Å²) in [4.78, 5) is 25.4. The highest BCUT2D eigenvalue weighted by Gasteiger charge is 2.21. The van der Waals surface area contributed by atoms with E-state index in [1.807, 2.05) is 0 Å². The number of esters is 1. The summed E-state index contributed by atoms with van der Waals surface area (Å²) in [6, 6.07) is 2.07. The van der Waals surface area contributed by atoms with Crippen LogP contribution in [0.2, 0.25) is 0 Å². The minimum atomic E-state index is -0.779. The van der Waals surface area contributed by atoms with Crippen LogP contribution in [0.4, 0.5) is 11.5 Å². The quantitative estimate of drug-likeness (QED) is 0.482. The summed E-state index contributed by atoms with van der Waals surface area (Å²) in [6.45, 7) is 3.38. The van der Waals surface area contributed by atoms with Gasteiger partial charge in [-0.2, -0.15) is 5.26 Å². The van der Waals surface area contributed by atoms with Gasteiger partial charge in [-0.15, -0.1) is 0 Å². The highest BCUT2D eigenvalue weighted by molar-refractivity contribution is 5.79. The maximum absolute atomic E-state index is 11.4. The van der Waals surface area contributed by atoms with Gasteiger partial charge in [-0.1, -0.05) is 0 Å². The molecule has 1 unspecified atom stereocenters. The van der Waals surface area contributed by atoms with Crippen molar-refractivity contribution in [2.75, 3.05) is 11.9 Å². The molecule has 0 aromatic carbocycles. The lowest BCUT2D eigenvalue weighted by molar-refractivity contribution is -0.384. The largest absolute Gasteiger partial charge is 0.464 e. The zero-order valence-electron chi connectivity index (χ0n) is 10.4. The van der Waals surface area contributed by atoms with Crippen LogP contribution in [0.3, 0.4) is 0 Å². The van der Waals surface area contributed by atoms with Gasteiger partial charge in [0.15, 0.2) is 0 Å². The van der Waals surface area contributed by atoms with Crippen molar-refractivity contribution < 1.29 is 14.5 Å². The van der Waals surface area contributed by atoms with E-state index in [1.165, 1.54) is 13.1 Å². The molecule has 100 valence electrons. The van der Waals surface area contributed by atoms with E-state index < -0.39 is 16.9 Å². The molecule has 1 heterocycles. The number of nitro groups is 1. The fourth-order valence-corrected chi connectivity index (χ4v) is 1.30. The Labute approximate surface area is 109 Å². The van der Waals surface area contributed by atoms with Crippen molar-refractivity contribution >= 4 is 17.5 Å². The highest BCUT2D eigenvalue weighted by Crippen LogP contribution is 2.23. The van der Waals surface area contributed by atoms with Gasteiger partial charge in [0.25, 0.3) is 0 Å². The molecule has 0 amide bonds. The molecule has 0 aliphatic carbocycles. The van der Waals surface area contributed by atoms with Crippen LogP contribution in [0.25, 0.3) is 0 Å². The number of aromatic nitrogens is 1. The van der Waals surface area contributed by atoms with Crippen LogP contribution in [0.1, 0.15) is 19.4 Å². The lowest BCUT2D eigenvalue weighted by Gasteiger charge is -2.12. The smallest absolute Gasteiger partial charge is 0.328 e. The van der Waals surface area contributed by atoms with Crippen LogP contribution in [0.15, 0.2) is 12.3 Å². The van der Waals surface area contributed by atoms with E-state index in [4.69, 9.17) is 10.00 Å². The van der Waals surface area contributed by atoms with Crippen LogP contribution in [-0.4, -0.2) is 28.5 Å². The zero-order chi connectivity index (χ0) is 14.4. The molecule has 19 heavy (non-hydrogen) atoms. The molecule has 1 rings (SSSR count). The van der Waals surface area contributed by atoms with Gasteiger partial charge in [-0.05, 0) is 13.8 Å². The van der Waals surface area contributed by atoms with Crippen molar-refractivity contribution in [1.29, 1.82) is 5.26 Å². The van der Waals surface area contributed by atoms with Crippen LogP contribution in [0.5, 0.6) is 0 Å². The minimum Gasteiger partial charge on any atom is -0.464 e. The second kappa shape index (κ2) is 6.30. The van der Waals surface area contributed by atoms with Crippen LogP contribution in [-0.2, 0) is 9.53 Å². The molecule has 1 aromatic rings. The predicted molar refractivity (Wildman–Crippen MR) is 65.3 cm³/mol. The molecule has 0 saturated carbocycles. The molecular formula is C11H12N4O4. The number of hydrogen-bond donors (Lipinski definition) is 1. The van der Waals surface area contributed by atoms with Crippen LogP contribution < -0.4 is 5.32 Å². The molecule has 1 N–H and O–H groups in total. The standard InChI is InChI=1S/C11H12N4O4/c1-3-19-11(16)7(2)14-10-9(15(17)18)4-8(5-12)6-13-10/h4,6-7H,3H2,1-2H3,(H,13,14). The number of nitrogens with zero attached hydrogens (tertiary/aromatic N) is 3. The lowest BCUT2D eigenvalue weighted by atomic mass is 10.2. The Balaban J connectivity index is 2.98. The Morgan fingerprint density at radius 2 is 2.42 bits per heavy atom. The maximum Gasteiger partial charge on any atom is 0.328 e. The molecule has 0 aliphatic rings. The van der Waals surface area contributed by atoms with Crippen LogP contribution >= 0.6 is 0 Å². The zero-order valence-corrected chi connectivity index (χ0v) is 10.4. The molecule has 0 bridgehead atoms. The Bertz CT molecular complexity index is 538. The normalized spacial score (nSPS) is 11.2. The number of anilines is 1. The first kappa shape index (κ1) is 14.4.